The molecule has 2 saturated heterocycles. The lowest BCUT2D eigenvalue weighted by Gasteiger charge is -2.40. The second-order valence-electron chi connectivity index (χ2n) is 6.74. The molecule has 2 N–H and O–H groups in total. The van der Waals surface area contributed by atoms with Crippen LogP contribution in [0.1, 0.15) is 36.3 Å². The Morgan fingerprint density at radius 1 is 1.36 bits per heavy atom. The average molecular weight is 304 g/mol. The standard InChI is InChI=1S/C16H24N4O2/c1-11-13(15(22)19-12(2)18-11)8-14(21)20-7-3-4-16(10-20)5-6-17-9-16/h17H,3-10H2,1-2H3,(H,18,19,22)/t16-/m0/s1. The SMILES string of the molecule is Cc1nc(C)c(CC(=O)N2CCC[C@@]3(CCNC3)C2)c(=O)[nH]1. The molecular weight excluding hydrogens is 280 g/mol. The summed E-state index contributed by atoms with van der Waals surface area (Å²) in [6, 6.07) is 0. The minimum atomic E-state index is -0.187. The van der Waals surface area contributed by atoms with Crippen molar-refractivity contribution in [3.05, 3.63) is 27.4 Å². The quantitative estimate of drug-likeness (QED) is 0.835. The van der Waals surface area contributed by atoms with Gasteiger partial charge in [-0.3, -0.25) is 9.59 Å². The molecule has 1 aromatic rings. The van der Waals surface area contributed by atoms with Gasteiger partial charge in [-0.2, -0.15) is 0 Å². The van der Waals surface area contributed by atoms with E-state index in [2.05, 4.69) is 15.3 Å². The number of amides is 1. The molecular formula is C16H24N4O2. The van der Waals surface area contributed by atoms with E-state index in [4.69, 9.17) is 0 Å². The van der Waals surface area contributed by atoms with Crippen LogP contribution in [0.4, 0.5) is 0 Å². The van der Waals surface area contributed by atoms with Crippen LogP contribution in [-0.4, -0.2) is 47.0 Å². The van der Waals surface area contributed by atoms with Gasteiger partial charge in [-0.15, -0.1) is 0 Å². The number of nitrogens with one attached hydrogen (secondary N) is 2. The normalized spacial score (nSPS) is 24.9. The van der Waals surface area contributed by atoms with Crippen LogP contribution in [0.3, 0.4) is 0 Å². The number of hydrogen-bond acceptors (Lipinski definition) is 4. The number of hydrogen-bond donors (Lipinski definition) is 2. The number of nitrogens with zero attached hydrogens (tertiary/aromatic N) is 2. The number of aryl methyl sites for hydroxylation is 2. The highest BCUT2D eigenvalue weighted by atomic mass is 16.2. The predicted molar refractivity (Wildman–Crippen MR) is 83.8 cm³/mol. The molecule has 1 spiro atoms. The number of carbonyl (C=O) groups is 1. The van der Waals surface area contributed by atoms with Crippen LogP contribution in [-0.2, 0) is 11.2 Å². The van der Waals surface area contributed by atoms with Gasteiger partial charge in [0.1, 0.15) is 5.82 Å². The van der Waals surface area contributed by atoms with Gasteiger partial charge in [-0.25, -0.2) is 4.98 Å². The van der Waals surface area contributed by atoms with Crippen molar-refractivity contribution in [3.8, 4) is 0 Å². The molecule has 22 heavy (non-hydrogen) atoms. The van der Waals surface area contributed by atoms with E-state index < -0.39 is 0 Å². The summed E-state index contributed by atoms with van der Waals surface area (Å²) < 4.78 is 0. The van der Waals surface area contributed by atoms with Gasteiger partial charge < -0.3 is 15.2 Å². The highest BCUT2D eigenvalue weighted by Gasteiger charge is 2.39. The second-order valence-corrected chi connectivity index (χ2v) is 6.74. The Morgan fingerprint density at radius 3 is 2.86 bits per heavy atom. The molecule has 2 aliphatic heterocycles. The van der Waals surface area contributed by atoms with Gasteiger partial charge in [0.25, 0.3) is 5.56 Å². The molecule has 6 nitrogen and oxygen atoms in total. The highest BCUT2D eigenvalue weighted by molar-refractivity contribution is 5.79. The second kappa shape index (κ2) is 5.83. The van der Waals surface area contributed by atoms with Crippen molar-refractivity contribution in [3.63, 3.8) is 0 Å². The van der Waals surface area contributed by atoms with Crippen molar-refractivity contribution < 1.29 is 4.79 Å². The summed E-state index contributed by atoms with van der Waals surface area (Å²) in [5.74, 6) is 0.637. The summed E-state index contributed by atoms with van der Waals surface area (Å²) in [6.45, 7) is 7.21. The number of rotatable bonds is 2. The van der Waals surface area contributed by atoms with Crippen molar-refractivity contribution in [2.45, 2.75) is 39.5 Å². The first-order valence-corrected chi connectivity index (χ1v) is 8.04. The summed E-state index contributed by atoms with van der Waals surface area (Å²) >= 11 is 0. The highest BCUT2D eigenvalue weighted by Crippen LogP contribution is 2.35. The Morgan fingerprint density at radius 2 is 2.18 bits per heavy atom. The van der Waals surface area contributed by atoms with Crippen molar-refractivity contribution in [1.29, 1.82) is 0 Å². The van der Waals surface area contributed by atoms with E-state index in [0.717, 1.165) is 39.0 Å². The van der Waals surface area contributed by atoms with Crippen LogP contribution in [0.15, 0.2) is 4.79 Å². The van der Waals surface area contributed by atoms with E-state index in [1.54, 1.807) is 13.8 Å². The first-order chi connectivity index (χ1) is 10.5. The average Bonchev–Trinajstić information content (AvgIpc) is 2.90. The summed E-state index contributed by atoms with van der Waals surface area (Å²) in [6.07, 6.45) is 3.53. The van der Waals surface area contributed by atoms with Gasteiger partial charge in [0, 0.05) is 36.3 Å². The van der Waals surface area contributed by atoms with E-state index in [1.165, 1.54) is 6.42 Å². The number of carbonyl (C=O) groups excluding carboxylic acids is 1. The molecule has 3 heterocycles. The van der Waals surface area contributed by atoms with Gasteiger partial charge in [-0.1, -0.05) is 0 Å². The monoisotopic (exact) mass is 304 g/mol. The largest absolute Gasteiger partial charge is 0.342 e. The molecule has 1 aromatic heterocycles. The number of H-pyrrole nitrogens is 1. The molecule has 0 aromatic carbocycles. The zero-order chi connectivity index (χ0) is 15.7. The molecule has 120 valence electrons. The lowest BCUT2D eigenvalue weighted by atomic mass is 9.79. The Bertz CT molecular complexity index is 632. The smallest absolute Gasteiger partial charge is 0.254 e. The zero-order valence-corrected chi connectivity index (χ0v) is 13.4. The molecule has 0 radical (unpaired) electrons. The molecule has 6 heteroatoms. The maximum Gasteiger partial charge on any atom is 0.254 e. The van der Waals surface area contributed by atoms with Crippen molar-refractivity contribution >= 4 is 5.91 Å². The lowest BCUT2D eigenvalue weighted by molar-refractivity contribution is -0.133. The van der Waals surface area contributed by atoms with Gasteiger partial charge in [0.2, 0.25) is 5.91 Å². The van der Waals surface area contributed by atoms with Crippen molar-refractivity contribution in [1.82, 2.24) is 20.2 Å². The van der Waals surface area contributed by atoms with Gasteiger partial charge in [0.05, 0.1) is 6.42 Å². The number of piperidine rings is 1. The third kappa shape index (κ3) is 2.92. The molecule has 0 unspecified atom stereocenters. The third-order valence-electron chi connectivity index (χ3n) is 5.01. The van der Waals surface area contributed by atoms with E-state index >= 15 is 0 Å². The van der Waals surface area contributed by atoms with Crippen molar-refractivity contribution in [2.24, 2.45) is 5.41 Å². The fourth-order valence-corrected chi connectivity index (χ4v) is 3.79. The fourth-order valence-electron chi connectivity index (χ4n) is 3.79. The Kier molecular flexibility index (Phi) is 4.04. The van der Waals surface area contributed by atoms with Gasteiger partial charge in [0.15, 0.2) is 0 Å². The molecule has 0 saturated carbocycles. The Balaban J connectivity index is 1.73. The van der Waals surface area contributed by atoms with Gasteiger partial charge in [-0.05, 0) is 39.7 Å². The number of aromatic nitrogens is 2. The first kappa shape index (κ1) is 15.2. The minimum absolute atomic E-state index is 0.0465. The Labute approximate surface area is 130 Å². The summed E-state index contributed by atoms with van der Waals surface area (Å²) in [4.78, 5) is 33.6. The molecule has 1 amide bonds. The van der Waals surface area contributed by atoms with Crippen molar-refractivity contribution in [2.75, 3.05) is 26.2 Å². The molecule has 3 rings (SSSR count). The summed E-state index contributed by atoms with van der Waals surface area (Å²) in [7, 11) is 0. The maximum absolute atomic E-state index is 12.6. The fraction of sp³-hybridized carbons (Fsp3) is 0.688. The molecule has 0 bridgehead atoms. The zero-order valence-electron chi connectivity index (χ0n) is 13.4. The number of likely N-dealkylation sites (tertiary alicyclic amines) is 1. The third-order valence-corrected chi connectivity index (χ3v) is 5.01. The number of aromatic amines is 1. The lowest BCUT2D eigenvalue weighted by Crippen LogP contribution is -2.48. The van der Waals surface area contributed by atoms with E-state index in [1.807, 2.05) is 4.90 Å². The van der Waals surface area contributed by atoms with E-state index in [9.17, 15) is 9.59 Å². The van der Waals surface area contributed by atoms with Crippen LogP contribution < -0.4 is 10.9 Å². The topological polar surface area (TPSA) is 78.1 Å². The maximum atomic E-state index is 12.6. The summed E-state index contributed by atoms with van der Waals surface area (Å²) in [5, 5.41) is 3.41. The molecule has 2 aliphatic rings. The van der Waals surface area contributed by atoms with Crippen LogP contribution in [0.25, 0.3) is 0 Å². The van der Waals surface area contributed by atoms with Crippen LogP contribution >= 0.6 is 0 Å². The van der Waals surface area contributed by atoms with E-state index in [0.29, 0.717) is 17.1 Å². The molecule has 1 atom stereocenters. The Hall–Kier alpha value is -1.69. The molecule has 0 aliphatic carbocycles. The van der Waals surface area contributed by atoms with E-state index in [-0.39, 0.29) is 23.3 Å². The predicted octanol–water partition coefficient (Wildman–Crippen LogP) is 0.531. The van der Waals surface area contributed by atoms with Crippen LogP contribution in [0, 0.1) is 19.3 Å². The van der Waals surface area contributed by atoms with Crippen LogP contribution in [0.2, 0.25) is 0 Å². The van der Waals surface area contributed by atoms with Crippen LogP contribution in [0.5, 0.6) is 0 Å². The minimum Gasteiger partial charge on any atom is -0.342 e. The van der Waals surface area contributed by atoms with Gasteiger partial charge >= 0.3 is 0 Å². The summed E-state index contributed by atoms with van der Waals surface area (Å²) in [5.41, 5.74) is 1.22. The first-order valence-electron chi connectivity index (χ1n) is 8.04. The molecule has 2 fully saturated rings.